The van der Waals surface area contributed by atoms with E-state index in [0.717, 1.165) is 11.3 Å². The maximum absolute atomic E-state index is 13.3. The van der Waals surface area contributed by atoms with Crippen molar-refractivity contribution in [2.45, 2.75) is 13.5 Å². The summed E-state index contributed by atoms with van der Waals surface area (Å²) in [6.07, 6.45) is 1.53. The van der Waals surface area contributed by atoms with E-state index < -0.39 is 17.0 Å². The molecule has 150 valence electrons. The Kier molecular flexibility index (Phi) is 5.14. The van der Waals surface area contributed by atoms with Gasteiger partial charge in [-0.15, -0.1) is 0 Å². The lowest BCUT2D eigenvalue weighted by Gasteiger charge is -2.14. The van der Waals surface area contributed by atoms with Gasteiger partial charge in [0.1, 0.15) is 17.2 Å². The molecule has 0 N–H and O–H groups in total. The van der Waals surface area contributed by atoms with Crippen molar-refractivity contribution in [2.75, 3.05) is 7.11 Å². The Morgan fingerprint density at radius 3 is 2.60 bits per heavy atom. The molecule has 0 bridgehead atoms. The van der Waals surface area contributed by atoms with E-state index >= 15 is 0 Å². The van der Waals surface area contributed by atoms with Crippen LogP contribution in [0.1, 0.15) is 27.2 Å². The van der Waals surface area contributed by atoms with Crippen LogP contribution in [-0.2, 0) is 6.54 Å². The van der Waals surface area contributed by atoms with Crippen LogP contribution in [0.25, 0.3) is 11.0 Å². The summed E-state index contributed by atoms with van der Waals surface area (Å²) >= 11 is 0. The second-order valence-electron chi connectivity index (χ2n) is 7.01. The van der Waals surface area contributed by atoms with Gasteiger partial charge in [-0.2, -0.15) is 0 Å². The van der Waals surface area contributed by atoms with Gasteiger partial charge in [0.2, 0.25) is 5.43 Å². The summed E-state index contributed by atoms with van der Waals surface area (Å²) in [7, 11) is 1.60. The molecule has 0 aliphatic carbocycles. The standard InChI is InChI=1S/C24H19FN2O3/c1-15-6-11-20-23(29)21(22(28)17-7-9-18(25)10-8-17)14-27(24(20)26-15)13-16-4-3-5-19(12-16)30-2/h3-12,14H,13H2,1-2H3. The van der Waals surface area contributed by atoms with Crippen LogP contribution in [0.5, 0.6) is 5.75 Å². The number of carbonyl (C=O) groups excluding carboxylic acids is 1. The average molecular weight is 402 g/mol. The predicted octanol–water partition coefficient (Wildman–Crippen LogP) is 4.13. The van der Waals surface area contributed by atoms with Gasteiger partial charge < -0.3 is 9.30 Å². The molecule has 0 saturated heterocycles. The molecule has 30 heavy (non-hydrogen) atoms. The number of hydrogen-bond acceptors (Lipinski definition) is 4. The summed E-state index contributed by atoms with van der Waals surface area (Å²) in [6, 6.07) is 16.1. The third-order valence-corrected chi connectivity index (χ3v) is 4.90. The summed E-state index contributed by atoms with van der Waals surface area (Å²) in [6.45, 7) is 2.24. The first-order chi connectivity index (χ1) is 14.5. The SMILES string of the molecule is COc1cccc(Cn2cc(C(=O)c3ccc(F)cc3)c(=O)c3ccc(C)nc32)c1. The van der Waals surface area contributed by atoms with E-state index in [4.69, 9.17) is 4.74 Å². The van der Waals surface area contributed by atoms with Crippen molar-refractivity contribution >= 4 is 16.8 Å². The van der Waals surface area contributed by atoms with E-state index in [9.17, 15) is 14.0 Å². The number of nitrogens with zero attached hydrogens (tertiary/aromatic N) is 2. The number of carbonyl (C=O) groups is 1. The van der Waals surface area contributed by atoms with Crippen LogP contribution >= 0.6 is 0 Å². The highest BCUT2D eigenvalue weighted by Crippen LogP contribution is 2.18. The molecule has 6 heteroatoms. The number of rotatable bonds is 5. The van der Waals surface area contributed by atoms with Gasteiger partial charge in [-0.05, 0) is 61.0 Å². The van der Waals surface area contributed by atoms with Gasteiger partial charge in [0, 0.05) is 24.0 Å². The van der Waals surface area contributed by atoms with Gasteiger partial charge >= 0.3 is 0 Å². The molecule has 0 saturated carbocycles. The van der Waals surface area contributed by atoms with E-state index in [1.54, 1.807) is 23.8 Å². The fraction of sp³-hybridized carbons (Fsp3) is 0.125. The molecule has 4 aromatic rings. The van der Waals surface area contributed by atoms with Crippen molar-refractivity contribution < 1.29 is 13.9 Å². The van der Waals surface area contributed by atoms with Crippen molar-refractivity contribution in [3.05, 3.63) is 105 Å². The van der Waals surface area contributed by atoms with Crippen LogP contribution in [0.2, 0.25) is 0 Å². The Balaban J connectivity index is 1.88. The van der Waals surface area contributed by atoms with Gasteiger partial charge in [0.25, 0.3) is 0 Å². The average Bonchev–Trinajstić information content (AvgIpc) is 2.76. The Morgan fingerprint density at radius 2 is 1.87 bits per heavy atom. The molecule has 0 spiro atoms. The van der Waals surface area contributed by atoms with Gasteiger partial charge in [0.05, 0.1) is 18.1 Å². The number of halogens is 1. The summed E-state index contributed by atoms with van der Waals surface area (Å²) in [4.78, 5) is 30.6. The minimum atomic E-state index is -0.457. The highest BCUT2D eigenvalue weighted by atomic mass is 19.1. The van der Waals surface area contributed by atoms with Crippen LogP contribution in [0, 0.1) is 12.7 Å². The van der Waals surface area contributed by atoms with Crippen LogP contribution in [0.4, 0.5) is 4.39 Å². The highest BCUT2D eigenvalue weighted by Gasteiger charge is 2.18. The lowest BCUT2D eigenvalue weighted by molar-refractivity contribution is 0.103. The molecule has 0 amide bonds. The number of methoxy groups -OCH3 is 1. The number of hydrogen-bond donors (Lipinski definition) is 0. The molecule has 4 rings (SSSR count). The maximum atomic E-state index is 13.3. The minimum Gasteiger partial charge on any atom is -0.497 e. The van der Waals surface area contributed by atoms with Crippen LogP contribution in [0.15, 0.2) is 71.7 Å². The van der Waals surface area contributed by atoms with E-state index in [1.165, 1.54) is 30.5 Å². The number of benzene rings is 2. The molecule has 0 unspecified atom stereocenters. The van der Waals surface area contributed by atoms with Gasteiger partial charge in [-0.25, -0.2) is 9.37 Å². The predicted molar refractivity (Wildman–Crippen MR) is 113 cm³/mol. The lowest BCUT2D eigenvalue weighted by Crippen LogP contribution is -2.21. The zero-order valence-electron chi connectivity index (χ0n) is 16.6. The number of ether oxygens (including phenoxy) is 1. The van der Waals surface area contributed by atoms with E-state index in [0.29, 0.717) is 23.3 Å². The first-order valence-electron chi connectivity index (χ1n) is 9.40. The van der Waals surface area contributed by atoms with Crippen molar-refractivity contribution in [3.8, 4) is 5.75 Å². The number of aromatic nitrogens is 2. The molecule has 2 heterocycles. The lowest BCUT2D eigenvalue weighted by atomic mass is 10.0. The number of pyridine rings is 2. The quantitative estimate of drug-likeness (QED) is 0.471. The molecule has 5 nitrogen and oxygen atoms in total. The summed E-state index contributed by atoms with van der Waals surface area (Å²) in [5, 5.41) is 0.358. The molecule has 0 fully saturated rings. The van der Waals surface area contributed by atoms with Crippen LogP contribution in [0.3, 0.4) is 0 Å². The molecular weight excluding hydrogens is 383 g/mol. The summed E-state index contributed by atoms with van der Waals surface area (Å²) < 4.78 is 20.3. The van der Waals surface area contributed by atoms with Gasteiger partial charge in [-0.1, -0.05) is 12.1 Å². The number of aryl methyl sites for hydroxylation is 1. The Hall–Kier alpha value is -3.80. The summed E-state index contributed by atoms with van der Waals surface area (Å²) in [5.41, 5.74) is 2.07. The first-order valence-corrected chi connectivity index (χ1v) is 9.40. The Bertz CT molecular complexity index is 1310. The monoisotopic (exact) mass is 402 g/mol. The third kappa shape index (κ3) is 3.72. The fourth-order valence-electron chi connectivity index (χ4n) is 3.37. The van der Waals surface area contributed by atoms with Crippen molar-refractivity contribution in [3.63, 3.8) is 0 Å². The second-order valence-corrected chi connectivity index (χ2v) is 7.01. The number of fused-ring (bicyclic) bond motifs is 1. The second kappa shape index (κ2) is 7.91. The van der Waals surface area contributed by atoms with E-state index in [2.05, 4.69) is 4.98 Å². The Morgan fingerprint density at radius 1 is 1.10 bits per heavy atom. The van der Waals surface area contributed by atoms with Crippen LogP contribution in [-0.4, -0.2) is 22.4 Å². The van der Waals surface area contributed by atoms with Gasteiger partial charge in [-0.3, -0.25) is 9.59 Å². The normalized spacial score (nSPS) is 10.9. The topological polar surface area (TPSA) is 61.2 Å². The van der Waals surface area contributed by atoms with Crippen LogP contribution < -0.4 is 10.2 Å². The minimum absolute atomic E-state index is 0.0163. The zero-order valence-corrected chi connectivity index (χ0v) is 16.6. The molecule has 0 radical (unpaired) electrons. The summed E-state index contributed by atoms with van der Waals surface area (Å²) in [5.74, 6) is -0.188. The number of ketones is 1. The largest absolute Gasteiger partial charge is 0.497 e. The molecule has 0 aliphatic rings. The van der Waals surface area contributed by atoms with Crippen molar-refractivity contribution in [2.24, 2.45) is 0 Å². The fourth-order valence-corrected chi connectivity index (χ4v) is 3.37. The van der Waals surface area contributed by atoms with E-state index in [-0.39, 0.29) is 11.1 Å². The highest BCUT2D eigenvalue weighted by molar-refractivity contribution is 6.10. The van der Waals surface area contributed by atoms with Crippen molar-refractivity contribution in [1.29, 1.82) is 0 Å². The van der Waals surface area contributed by atoms with Crippen molar-refractivity contribution in [1.82, 2.24) is 9.55 Å². The molecule has 0 atom stereocenters. The third-order valence-electron chi connectivity index (χ3n) is 4.90. The molecular formula is C24H19FN2O3. The van der Waals surface area contributed by atoms with E-state index in [1.807, 2.05) is 31.2 Å². The zero-order chi connectivity index (χ0) is 21.3. The molecule has 0 aliphatic heterocycles. The molecule has 2 aromatic carbocycles. The van der Waals surface area contributed by atoms with Gasteiger partial charge in [0.15, 0.2) is 5.78 Å². The first kappa shape index (κ1) is 19.5. The maximum Gasteiger partial charge on any atom is 0.202 e. The Labute approximate surface area is 172 Å². The smallest absolute Gasteiger partial charge is 0.202 e. The molecule has 2 aromatic heterocycles.